The lowest BCUT2D eigenvalue weighted by atomic mass is 9.83. The number of carbonyl (C=O) groups excluding carboxylic acids is 1. The first-order valence-corrected chi connectivity index (χ1v) is 11.1. The molecule has 0 bridgehead atoms. The van der Waals surface area contributed by atoms with Crippen LogP contribution < -0.4 is 9.32 Å². The molecule has 2 aliphatic rings. The lowest BCUT2D eigenvalue weighted by Gasteiger charge is -2.53. The minimum atomic E-state index is -0.654. The van der Waals surface area contributed by atoms with Crippen LogP contribution in [0.5, 0.6) is 0 Å². The summed E-state index contributed by atoms with van der Waals surface area (Å²) in [4.78, 5) is 24.2. The SMILES string of the molecule is Cc1ccc(-n2nccn2)c(C(=O)N2CCCC2(C)[C@@]2(C)N(C)c3ccccc3N2Cl)n1. The Morgan fingerprint density at radius 1 is 1.03 bits per heavy atom. The van der Waals surface area contributed by atoms with Gasteiger partial charge in [-0.15, -0.1) is 4.80 Å². The molecule has 0 aliphatic carbocycles. The van der Waals surface area contributed by atoms with E-state index in [0.29, 0.717) is 17.9 Å². The highest BCUT2D eigenvalue weighted by Gasteiger charge is 2.61. The number of para-hydroxylation sites is 2. The van der Waals surface area contributed by atoms with E-state index < -0.39 is 11.2 Å². The van der Waals surface area contributed by atoms with Gasteiger partial charge in [0.15, 0.2) is 5.69 Å². The van der Waals surface area contributed by atoms with Crippen molar-refractivity contribution in [2.24, 2.45) is 0 Å². The van der Waals surface area contributed by atoms with Gasteiger partial charge in [-0.2, -0.15) is 10.2 Å². The molecule has 1 saturated heterocycles. The molecule has 2 aliphatic heterocycles. The van der Waals surface area contributed by atoms with Gasteiger partial charge in [-0.1, -0.05) is 12.1 Å². The highest BCUT2D eigenvalue weighted by molar-refractivity contribution is 6.28. The molecule has 0 radical (unpaired) electrons. The second-order valence-corrected chi connectivity index (χ2v) is 9.16. The smallest absolute Gasteiger partial charge is 0.275 e. The molecule has 2 aromatic heterocycles. The molecule has 9 heteroatoms. The predicted octanol–water partition coefficient (Wildman–Crippen LogP) is 3.79. The number of hydrogen-bond donors (Lipinski definition) is 0. The van der Waals surface area contributed by atoms with Gasteiger partial charge in [-0.05, 0) is 57.9 Å². The van der Waals surface area contributed by atoms with Crippen molar-refractivity contribution in [2.45, 2.75) is 44.8 Å². The third-order valence-corrected chi connectivity index (χ3v) is 7.76. The molecule has 2 atom stereocenters. The molecule has 32 heavy (non-hydrogen) atoms. The lowest BCUT2D eigenvalue weighted by molar-refractivity contribution is 0.0460. The summed E-state index contributed by atoms with van der Waals surface area (Å²) in [5.41, 5.74) is 2.43. The Labute approximate surface area is 192 Å². The first-order chi connectivity index (χ1) is 15.3. The fraction of sp³-hybridized carbons (Fsp3) is 0.391. The van der Waals surface area contributed by atoms with Crippen LogP contribution in [0.25, 0.3) is 5.69 Å². The number of anilines is 2. The van der Waals surface area contributed by atoms with Crippen LogP contribution in [0.4, 0.5) is 11.4 Å². The summed E-state index contributed by atoms with van der Waals surface area (Å²) in [5.74, 6) is -0.142. The minimum absolute atomic E-state index is 0.142. The predicted molar refractivity (Wildman–Crippen MR) is 124 cm³/mol. The number of rotatable bonds is 3. The number of hydrogen-bond acceptors (Lipinski definition) is 6. The van der Waals surface area contributed by atoms with E-state index in [-0.39, 0.29) is 5.91 Å². The number of carbonyl (C=O) groups is 1. The van der Waals surface area contributed by atoms with Crippen LogP contribution in [0.3, 0.4) is 0 Å². The highest BCUT2D eigenvalue weighted by atomic mass is 35.5. The molecule has 0 spiro atoms. The third kappa shape index (κ3) is 2.68. The Kier molecular flexibility index (Phi) is 4.67. The van der Waals surface area contributed by atoms with Gasteiger partial charge < -0.3 is 9.80 Å². The first kappa shape index (κ1) is 20.8. The fourth-order valence-electron chi connectivity index (χ4n) is 5.20. The monoisotopic (exact) mass is 451 g/mol. The Bertz CT molecular complexity index is 1150. The Morgan fingerprint density at radius 3 is 2.41 bits per heavy atom. The van der Waals surface area contributed by atoms with Crippen LogP contribution in [-0.2, 0) is 0 Å². The second kappa shape index (κ2) is 7.20. The number of benzene rings is 1. The molecular formula is C23H26ClN7O. The van der Waals surface area contributed by atoms with Crippen LogP contribution in [0, 0.1) is 6.92 Å². The van der Waals surface area contributed by atoms with Crippen molar-refractivity contribution in [1.82, 2.24) is 24.9 Å². The molecule has 1 amide bonds. The van der Waals surface area contributed by atoms with Crippen LogP contribution in [0.2, 0.25) is 0 Å². The van der Waals surface area contributed by atoms with Gasteiger partial charge in [0.25, 0.3) is 5.91 Å². The van der Waals surface area contributed by atoms with Crippen molar-refractivity contribution in [2.75, 3.05) is 22.9 Å². The quantitative estimate of drug-likeness (QED) is 0.564. The van der Waals surface area contributed by atoms with Crippen LogP contribution in [-0.4, -0.2) is 55.6 Å². The molecule has 5 rings (SSSR count). The summed E-state index contributed by atoms with van der Waals surface area (Å²) in [6, 6.07) is 11.8. The number of likely N-dealkylation sites (tertiary alicyclic amines) is 1. The van der Waals surface area contributed by atoms with Crippen molar-refractivity contribution in [3.8, 4) is 5.69 Å². The van der Waals surface area contributed by atoms with E-state index in [4.69, 9.17) is 11.8 Å². The average Bonchev–Trinajstić information content (AvgIpc) is 3.51. The van der Waals surface area contributed by atoms with Gasteiger partial charge in [0.05, 0.1) is 29.3 Å². The van der Waals surface area contributed by atoms with Gasteiger partial charge in [0.1, 0.15) is 11.4 Å². The largest absolute Gasteiger partial charge is 0.347 e. The van der Waals surface area contributed by atoms with Gasteiger partial charge in [-0.25, -0.2) is 4.98 Å². The molecule has 1 aromatic carbocycles. The molecule has 1 unspecified atom stereocenters. The van der Waals surface area contributed by atoms with Gasteiger partial charge in [-0.3, -0.25) is 9.21 Å². The molecule has 166 valence electrons. The van der Waals surface area contributed by atoms with E-state index in [2.05, 4.69) is 40.0 Å². The summed E-state index contributed by atoms with van der Waals surface area (Å²) < 4.78 is 1.79. The number of pyridine rings is 1. The first-order valence-electron chi connectivity index (χ1n) is 10.7. The number of nitrogens with zero attached hydrogens (tertiary/aromatic N) is 7. The van der Waals surface area contributed by atoms with Crippen molar-refractivity contribution >= 4 is 29.1 Å². The summed E-state index contributed by atoms with van der Waals surface area (Å²) in [6.45, 7) is 6.73. The van der Waals surface area contributed by atoms with E-state index in [1.165, 1.54) is 4.80 Å². The molecule has 1 fully saturated rings. The van der Waals surface area contributed by atoms with Crippen LogP contribution in [0.1, 0.15) is 42.9 Å². The zero-order valence-electron chi connectivity index (χ0n) is 18.7. The number of aryl methyl sites for hydroxylation is 1. The van der Waals surface area contributed by atoms with Crippen LogP contribution in [0.15, 0.2) is 48.8 Å². The zero-order valence-corrected chi connectivity index (χ0v) is 19.4. The van der Waals surface area contributed by atoms with Crippen molar-refractivity contribution in [3.05, 3.63) is 60.2 Å². The summed E-state index contributed by atoms with van der Waals surface area (Å²) in [7, 11) is 2.04. The van der Waals surface area contributed by atoms with Crippen molar-refractivity contribution < 1.29 is 4.79 Å². The van der Waals surface area contributed by atoms with Crippen molar-refractivity contribution in [1.29, 1.82) is 0 Å². The van der Waals surface area contributed by atoms with Gasteiger partial charge in [0, 0.05) is 31.1 Å². The Balaban J connectivity index is 1.59. The third-order valence-electron chi connectivity index (χ3n) is 7.25. The standard InChI is InChI=1S/C23H26ClN7O/c1-16-10-11-19(31-25-13-14-26-31)20(27-16)21(32)29-15-7-12-22(29,2)23(3)28(4)17-8-5-6-9-18(17)30(23)24/h5-6,8-11,13-14H,7,12,15H2,1-4H3/t22?,23-/m0/s1. The normalized spacial score (nSPS) is 24.8. The zero-order chi connectivity index (χ0) is 22.7. The molecule has 4 heterocycles. The maximum atomic E-state index is 14.0. The topological polar surface area (TPSA) is 70.4 Å². The molecule has 0 saturated carbocycles. The number of fused-ring (bicyclic) bond motifs is 1. The maximum Gasteiger partial charge on any atom is 0.275 e. The molecular weight excluding hydrogens is 426 g/mol. The fourth-order valence-corrected chi connectivity index (χ4v) is 5.64. The average molecular weight is 452 g/mol. The van der Waals surface area contributed by atoms with Crippen molar-refractivity contribution in [3.63, 3.8) is 0 Å². The second-order valence-electron chi connectivity index (χ2n) is 8.82. The van der Waals surface area contributed by atoms with Gasteiger partial charge in [0.2, 0.25) is 0 Å². The number of aromatic nitrogens is 4. The minimum Gasteiger partial charge on any atom is -0.347 e. The van der Waals surface area contributed by atoms with E-state index in [1.807, 2.05) is 49.2 Å². The lowest BCUT2D eigenvalue weighted by Crippen LogP contribution is -2.70. The number of likely N-dealkylation sites (N-methyl/N-ethyl adjacent to an activating group) is 1. The number of amides is 1. The maximum absolute atomic E-state index is 14.0. The van der Waals surface area contributed by atoms with E-state index in [0.717, 1.165) is 29.9 Å². The van der Waals surface area contributed by atoms with E-state index in [1.54, 1.807) is 16.8 Å². The van der Waals surface area contributed by atoms with Gasteiger partial charge >= 0.3 is 0 Å². The Morgan fingerprint density at radius 2 is 1.72 bits per heavy atom. The summed E-state index contributed by atoms with van der Waals surface area (Å²) in [6.07, 6.45) is 4.88. The Hall–Kier alpha value is -3.13. The molecule has 3 aromatic rings. The van der Waals surface area contributed by atoms with E-state index >= 15 is 0 Å². The summed E-state index contributed by atoms with van der Waals surface area (Å²) >= 11 is 6.98. The highest BCUT2D eigenvalue weighted by Crippen LogP contribution is 2.54. The molecule has 0 N–H and O–H groups in total. The molecule has 8 nitrogen and oxygen atoms in total. The van der Waals surface area contributed by atoms with E-state index in [9.17, 15) is 4.79 Å². The number of halogens is 1. The summed E-state index contributed by atoms with van der Waals surface area (Å²) in [5, 5.41) is 8.44. The van der Waals surface area contributed by atoms with Crippen LogP contribution >= 0.6 is 11.8 Å².